The highest BCUT2D eigenvalue weighted by Crippen LogP contribution is 2.33. The minimum Gasteiger partial charge on any atom is -0.493 e. The summed E-state index contributed by atoms with van der Waals surface area (Å²) in [6.07, 6.45) is 6.02. The molecule has 0 aliphatic carbocycles. The number of methoxy groups -OCH3 is 1. The standard InChI is InChI=1S/C28H31N5O4/c1-3-36-26-16-20(9-10-24(26)35-2)18-32-14-11-21(12-15-32)30-28-31-27-23(7-4-8-25(27)37-28)33(19-34)22-6-5-13-29-17-22/h4-10,13,16-17,19,21H,3,11-12,14-15,18H2,1-2H3,(H,30,31). The summed E-state index contributed by atoms with van der Waals surface area (Å²) >= 11 is 0. The molecule has 1 N–H and O–H groups in total. The van der Waals surface area contributed by atoms with Gasteiger partial charge < -0.3 is 19.2 Å². The third kappa shape index (κ3) is 5.51. The van der Waals surface area contributed by atoms with Crippen molar-refractivity contribution < 1.29 is 18.7 Å². The van der Waals surface area contributed by atoms with Crippen molar-refractivity contribution in [3.63, 3.8) is 0 Å². The van der Waals surface area contributed by atoms with E-state index in [1.54, 1.807) is 25.6 Å². The van der Waals surface area contributed by atoms with Crippen LogP contribution in [0.2, 0.25) is 0 Å². The van der Waals surface area contributed by atoms with Crippen LogP contribution in [0.5, 0.6) is 11.5 Å². The SMILES string of the molecule is CCOc1cc(CN2CCC(Nc3nc4c(N(C=O)c5cccnc5)cccc4o3)CC2)ccc1OC. The number of amides is 1. The number of aromatic nitrogens is 2. The van der Waals surface area contributed by atoms with Crippen LogP contribution in [0.15, 0.2) is 65.3 Å². The summed E-state index contributed by atoms with van der Waals surface area (Å²) in [6, 6.07) is 16.0. The molecule has 0 radical (unpaired) electrons. The summed E-state index contributed by atoms with van der Waals surface area (Å²) in [5.74, 6) is 1.54. The predicted octanol–water partition coefficient (Wildman–Crippen LogP) is 5.00. The number of carbonyl (C=O) groups is 1. The molecule has 1 aliphatic rings. The number of pyridine rings is 1. The van der Waals surface area contributed by atoms with Crippen molar-refractivity contribution in [3.05, 3.63) is 66.5 Å². The van der Waals surface area contributed by atoms with Crippen LogP contribution in [-0.2, 0) is 11.3 Å². The number of likely N-dealkylation sites (tertiary alicyclic amines) is 1. The highest BCUT2D eigenvalue weighted by atomic mass is 16.5. The topological polar surface area (TPSA) is 93.0 Å². The average molecular weight is 502 g/mol. The number of hydrogen-bond donors (Lipinski definition) is 1. The number of oxazole rings is 1. The number of carbonyl (C=O) groups excluding carboxylic acids is 1. The monoisotopic (exact) mass is 501 g/mol. The van der Waals surface area contributed by atoms with Crippen molar-refractivity contribution >= 4 is 34.9 Å². The minimum atomic E-state index is 0.253. The van der Waals surface area contributed by atoms with Crippen molar-refractivity contribution in [1.29, 1.82) is 0 Å². The van der Waals surface area contributed by atoms with E-state index in [9.17, 15) is 4.79 Å². The molecular formula is C28H31N5O4. The maximum atomic E-state index is 11.9. The number of para-hydroxylation sites is 1. The van der Waals surface area contributed by atoms with Crippen LogP contribution < -0.4 is 19.7 Å². The summed E-state index contributed by atoms with van der Waals surface area (Å²) in [7, 11) is 1.66. The Morgan fingerprint density at radius 1 is 1.16 bits per heavy atom. The van der Waals surface area contributed by atoms with Gasteiger partial charge in [0.25, 0.3) is 6.01 Å². The Morgan fingerprint density at radius 2 is 2.03 bits per heavy atom. The molecule has 0 spiro atoms. The number of nitrogens with zero attached hydrogens (tertiary/aromatic N) is 4. The molecule has 9 heteroatoms. The van der Waals surface area contributed by atoms with Crippen molar-refractivity contribution in [2.75, 3.05) is 37.0 Å². The molecule has 5 rings (SSSR count). The quantitative estimate of drug-likeness (QED) is 0.304. The Morgan fingerprint density at radius 3 is 2.76 bits per heavy atom. The summed E-state index contributed by atoms with van der Waals surface area (Å²) in [4.78, 5) is 24.7. The molecule has 1 amide bonds. The molecule has 192 valence electrons. The lowest BCUT2D eigenvalue weighted by Gasteiger charge is -2.32. The molecule has 4 aromatic rings. The molecular weight excluding hydrogens is 470 g/mol. The third-order valence-electron chi connectivity index (χ3n) is 6.54. The molecule has 1 fully saturated rings. The smallest absolute Gasteiger partial charge is 0.295 e. The van der Waals surface area contributed by atoms with E-state index in [4.69, 9.17) is 18.9 Å². The lowest BCUT2D eigenvalue weighted by molar-refractivity contribution is -0.106. The first-order valence-corrected chi connectivity index (χ1v) is 12.5. The normalized spacial score (nSPS) is 14.4. The summed E-state index contributed by atoms with van der Waals surface area (Å²) in [5, 5.41) is 3.46. The maximum Gasteiger partial charge on any atom is 0.295 e. The molecule has 0 bridgehead atoms. The highest BCUT2D eigenvalue weighted by Gasteiger charge is 2.22. The van der Waals surface area contributed by atoms with E-state index in [2.05, 4.69) is 27.3 Å². The molecule has 9 nitrogen and oxygen atoms in total. The molecule has 3 heterocycles. The molecule has 2 aromatic heterocycles. The van der Waals surface area contributed by atoms with Crippen molar-refractivity contribution in [3.8, 4) is 11.5 Å². The van der Waals surface area contributed by atoms with Crippen molar-refractivity contribution in [2.45, 2.75) is 32.4 Å². The molecule has 2 aromatic carbocycles. The number of anilines is 3. The number of fused-ring (bicyclic) bond motifs is 1. The van der Waals surface area contributed by atoms with Gasteiger partial charge in [0.05, 0.1) is 31.3 Å². The van der Waals surface area contributed by atoms with Gasteiger partial charge in [-0.2, -0.15) is 4.98 Å². The van der Waals surface area contributed by atoms with Gasteiger partial charge in [-0.3, -0.25) is 19.6 Å². The second-order valence-electron chi connectivity index (χ2n) is 8.94. The van der Waals surface area contributed by atoms with Gasteiger partial charge in [0, 0.05) is 31.9 Å². The first-order chi connectivity index (χ1) is 18.2. The van der Waals surface area contributed by atoms with Gasteiger partial charge in [0.15, 0.2) is 17.1 Å². The summed E-state index contributed by atoms with van der Waals surface area (Å²) in [6.45, 7) is 5.35. The van der Waals surface area contributed by atoms with Crippen LogP contribution >= 0.6 is 0 Å². The van der Waals surface area contributed by atoms with E-state index >= 15 is 0 Å². The van der Waals surface area contributed by atoms with Gasteiger partial charge in [-0.25, -0.2) is 0 Å². The van der Waals surface area contributed by atoms with Gasteiger partial charge >= 0.3 is 0 Å². The highest BCUT2D eigenvalue weighted by molar-refractivity contribution is 5.98. The van der Waals surface area contributed by atoms with Gasteiger partial charge in [-0.15, -0.1) is 0 Å². The number of nitrogens with one attached hydrogen (secondary N) is 1. The van der Waals surface area contributed by atoms with Crippen molar-refractivity contribution in [2.24, 2.45) is 0 Å². The molecule has 0 atom stereocenters. The van der Waals surface area contributed by atoms with Gasteiger partial charge in [-0.1, -0.05) is 12.1 Å². The van der Waals surface area contributed by atoms with E-state index in [0.717, 1.165) is 50.4 Å². The van der Waals surface area contributed by atoms with Crippen LogP contribution in [0.4, 0.5) is 17.4 Å². The third-order valence-corrected chi connectivity index (χ3v) is 6.54. The van der Waals surface area contributed by atoms with E-state index in [-0.39, 0.29) is 6.04 Å². The fourth-order valence-corrected chi connectivity index (χ4v) is 4.70. The van der Waals surface area contributed by atoms with Gasteiger partial charge in [0.2, 0.25) is 6.41 Å². The molecule has 37 heavy (non-hydrogen) atoms. The lowest BCUT2D eigenvalue weighted by atomic mass is 10.0. The Hall–Kier alpha value is -4.11. The first-order valence-electron chi connectivity index (χ1n) is 12.5. The van der Waals surface area contributed by atoms with Crippen LogP contribution in [-0.4, -0.2) is 54.1 Å². The van der Waals surface area contributed by atoms with E-state index in [0.29, 0.717) is 35.1 Å². The van der Waals surface area contributed by atoms with Crippen LogP contribution in [0.3, 0.4) is 0 Å². The number of rotatable bonds is 10. The molecule has 0 unspecified atom stereocenters. The first kappa shape index (κ1) is 24.6. The van der Waals surface area contributed by atoms with Crippen LogP contribution in [0, 0.1) is 0 Å². The average Bonchev–Trinajstić information content (AvgIpc) is 3.34. The maximum absolute atomic E-state index is 11.9. The largest absolute Gasteiger partial charge is 0.493 e. The van der Waals surface area contributed by atoms with Crippen LogP contribution in [0.25, 0.3) is 11.1 Å². The van der Waals surface area contributed by atoms with Gasteiger partial charge in [0.1, 0.15) is 5.52 Å². The lowest BCUT2D eigenvalue weighted by Crippen LogP contribution is -2.38. The zero-order valence-corrected chi connectivity index (χ0v) is 21.1. The van der Waals surface area contributed by atoms with E-state index in [1.807, 2.05) is 37.3 Å². The van der Waals surface area contributed by atoms with E-state index < -0.39 is 0 Å². The molecule has 1 aliphatic heterocycles. The van der Waals surface area contributed by atoms with Crippen molar-refractivity contribution in [1.82, 2.24) is 14.9 Å². The summed E-state index contributed by atoms with van der Waals surface area (Å²) < 4.78 is 17.1. The Kier molecular flexibility index (Phi) is 7.51. The van der Waals surface area contributed by atoms with E-state index in [1.165, 1.54) is 10.5 Å². The van der Waals surface area contributed by atoms with Crippen LogP contribution in [0.1, 0.15) is 25.3 Å². The molecule has 0 saturated carbocycles. The Labute approximate surface area is 216 Å². The fraction of sp³-hybridized carbons (Fsp3) is 0.321. The summed E-state index contributed by atoms with van der Waals surface area (Å²) in [5.41, 5.74) is 3.77. The zero-order chi connectivity index (χ0) is 25.6. The molecule has 1 saturated heterocycles. The number of piperidine rings is 1. The Balaban J connectivity index is 1.23. The predicted molar refractivity (Wildman–Crippen MR) is 143 cm³/mol. The minimum absolute atomic E-state index is 0.253. The second-order valence-corrected chi connectivity index (χ2v) is 8.94. The van der Waals surface area contributed by atoms with Gasteiger partial charge in [-0.05, 0) is 61.7 Å². The fourth-order valence-electron chi connectivity index (χ4n) is 4.70. The number of hydrogen-bond acceptors (Lipinski definition) is 8. The Bertz CT molecular complexity index is 1340. The second kappa shape index (κ2) is 11.3. The number of benzene rings is 2. The number of ether oxygens (including phenoxy) is 2. The zero-order valence-electron chi connectivity index (χ0n) is 21.1.